The number of benzene rings is 3. The molecule has 0 aliphatic heterocycles. The number of nitrogens with one attached hydrogen (secondary N) is 2. The van der Waals surface area contributed by atoms with Gasteiger partial charge in [0, 0.05) is 16.3 Å². The number of ether oxygens (including phenoxy) is 1. The third kappa shape index (κ3) is 5.58. The smallest absolute Gasteiger partial charge is 0.264 e. The Balaban J connectivity index is 1.32. The van der Waals surface area contributed by atoms with Crippen LogP contribution in [-0.4, -0.2) is 22.6 Å². The Morgan fingerprint density at radius 2 is 1.84 bits per heavy atom. The van der Waals surface area contributed by atoms with Crippen molar-refractivity contribution < 1.29 is 9.53 Å². The number of thiazole rings is 1. The van der Waals surface area contributed by atoms with Crippen LogP contribution >= 0.6 is 35.2 Å². The molecule has 0 bridgehead atoms. The van der Waals surface area contributed by atoms with Crippen LogP contribution in [0.25, 0.3) is 20.8 Å². The first kappa shape index (κ1) is 21.2. The van der Waals surface area contributed by atoms with Crippen LogP contribution in [0.5, 0.6) is 5.75 Å². The number of thiocarbonyl (C=S) groups is 1. The first-order valence-electron chi connectivity index (χ1n) is 9.43. The summed E-state index contributed by atoms with van der Waals surface area (Å²) in [5.41, 5.74) is 4.01. The van der Waals surface area contributed by atoms with Gasteiger partial charge in [-0.25, -0.2) is 4.98 Å². The number of nitrogens with zero attached hydrogens (tertiary/aromatic N) is 1. The molecule has 0 atom stereocenters. The highest BCUT2D eigenvalue weighted by Gasteiger charge is 2.09. The van der Waals surface area contributed by atoms with Gasteiger partial charge >= 0.3 is 0 Å². The molecule has 8 heteroatoms. The molecule has 0 radical (unpaired) electrons. The van der Waals surface area contributed by atoms with Crippen LogP contribution in [0.15, 0.2) is 66.7 Å². The van der Waals surface area contributed by atoms with Gasteiger partial charge in [0.1, 0.15) is 10.8 Å². The molecule has 0 spiro atoms. The van der Waals surface area contributed by atoms with Crippen molar-refractivity contribution in [3.63, 3.8) is 0 Å². The highest BCUT2D eigenvalue weighted by molar-refractivity contribution is 7.80. The Kier molecular flexibility index (Phi) is 6.46. The number of carbonyl (C=O) groups is 1. The molecule has 156 valence electrons. The quantitative estimate of drug-likeness (QED) is 0.362. The molecule has 5 nitrogen and oxygen atoms in total. The van der Waals surface area contributed by atoms with Crippen molar-refractivity contribution in [2.75, 3.05) is 11.9 Å². The van der Waals surface area contributed by atoms with Crippen LogP contribution in [-0.2, 0) is 4.79 Å². The molecule has 0 aliphatic rings. The fraction of sp³-hybridized carbons (Fsp3) is 0.0870. The number of halogens is 1. The van der Waals surface area contributed by atoms with E-state index in [9.17, 15) is 4.79 Å². The van der Waals surface area contributed by atoms with Gasteiger partial charge in [0.25, 0.3) is 5.91 Å². The van der Waals surface area contributed by atoms with Crippen LogP contribution < -0.4 is 15.4 Å². The van der Waals surface area contributed by atoms with Gasteiger partial charge in [-0.2, -0.15) is 0 Å². The summed E-state index contributed by atoms with van der Waals surface area (Å²) in [6.45, 7) is 1.92. The zero-order chi connectivity index (χ0) is 21.8. The molecule has 1 amide bonds. The van der Waals surface area contributed by atoms with Crippen molar-refractivity contribution >= 4 is 62.1 Å². The molecule has 0 aliphatic carbocycles. The van der Waals surface area contributed by atoms with Gasteiger partial charge in [0.2, 0.25) is 0 Å². The average molecular weight is 468 g/mol. The molecule has 1 heterocycles. The van der Waals surface area contributed by atoms with Crippen LogP contribution in [0, 0.1) is 6.92 Å². The first-order valence-corrected chi connectivity index (χ1v) is 11.0. The summed E-state index contributed by atoms with van der Waals surface area (Å²) in [6.07, 6.45) is 0. The summed E-state index contributed by atoms with van der Waals surface area (Å²) >= 11 is 12.7. The molecule has 4 rings (SSSR count). The number of hydrogen-bond acceptors (Lipinski definition) is 5. The lowest BCUT2D eigenvalue weighted by molar-refractivity contribution is -0.121. The second-order valence-electron chi connectivity index (χ2n) is 6.81. The van der Waals surface area contributed by atoms with E-state index in [0.717, 1.165) is 21.8 Å². The molecule has 2 N–H and O–H groups in total. The average Bonchev–Trinajstić information content (AvgIpc) is 3.17. The fourth-order valence-corrected chi connectivity index (χ4v) is 4.28. The maximum Gasteiger partial charge on any atom is 0.264 e. The predicted molar refractivity (Wildman–Crippen MR) is 131 cm³/mol. The summed E-state index contributed by atoms with van der Waals surface area (Å²) in [4.78, 5) is 16.7. The molecular formula is C23H18ClN3O2S2. The third-order valence-corrected chi connectivity index (χ3v) is 5.89. The Morgan fingerprint density at radius 1 is 1.10 bits per heavy atom. The second kappa shape index (κ2) is 9.43. The molecule has 1 aromatic heterocycles. The monoisotopic (exact) mass is 467 g/mol. The highest BCUT2D eigenvalue weighted by atomic mass is 35.5. The summed E-state index contributed by atoms with van der Waals surface area (Å²) in [5.74, 6) is 0.202. The van der Waals surface area contributed by atoms with Crippen molar-refractivity contribution in [2.24, 2.45) is 0 Å². The van der Waals surface area contributed by atoms with Crippen LogP contribution in [0.2, 0.25) is 5.02 Å². The van der Waals surface area contributed by atoms with E-state index >= 15 is 0 Å². The number of aromatic nitrogens is 1. The Bertz CT molecular complexity index is 1240. The van der Waals surface area contributed by atoms with Gasteiger partial charge in [-0.15, -0.1) is 11.3 Å². The number of fused-ring (bicyclic) bond motifs is 1. The minimum absolute atomic E-state index is 0.153. The minimum Gasteiger partial charge on any atom is -0.484 e. The predicted octanol–water partition coefficient (Wildman–Crippen LogP) is 5.82. The maximum absolute atomic E-state index is 12.0. The topological polar surface area (TPSA) is 63.2 Å². The van der Waals surface area contributed by atoms with Gasteiger partial charge in [-0.1, -0.05) is 17.7 Å². The Labute approximate surface area is 194 Å². The lowest BCUT2D eigenvalue weighted by Crippen LogP contribution is -2.37. The molecule has 3 aromatic carbocycles. The van der Waals surface area contributed by atoms with E-state index in [1.54, 1.807) is 35.6 Å². The van der Waals surface area contributed by atoms with Crippen molar-refractivity contribution in [1.82, 2.24) is 10.3 Å². The third-order valence-electron chi connectivity index (χ3n) is 4.37. The number of hydrogen-bond donors (Lipinski definition) is 2. The molecule has 0 saturated heterocycles. The summed E-state index contributed by atoms with van der Waals surface area (Å²) in [5, 5.41) is 7.37. The fourth-order valence-electron chi connectivity index (χ4n) is 2.86. The summed E-state index contributed by atoms with van der Waals surface area (Å²) in [7, 11) is 0. The van der Waals surface area contributed by atoms with Gasteiger partial charge in [0.05, 0.1) is 10.2 Å². The first-order chi connectivity index (χ1) is 15.0. The van der Waals surface area contributed by atoms with Crippen molar-refractivity contribution in [1.29, 1.82) is 0 Å². The molecule has 0 fully saturated rings. The van der Waals surface area contributed by atoms with E-state index in [1.807, 2.05) is 30.3 Å². The highest BCUT2D eigenvalue weighted by Crippen LogP contribution is 2.31. The SMILES string of the molecule is Cc1ccc2nc(-c3ccc(NC(=S)NC(=O)COc4ccc(Cl)cc4)cc3)sc2c1. The van der Waals surface area contributed by atoms with E-state index in [0.29, 0.717) is 10.8 Å². The van der Waals surface area contributed by atoms with Gasteiger partial charge in [-0.3, -0.25) is 10.1 Å². The zero-order valence-electron chi connectivity index (χ0n) is 16.5. The summed E-state index contributed by atoms with van der Waals surface area (Å²) < 4.78 is 6.58. The van der Waals surface area contributed by atoms with Gasteiger partial charge < -0.3 is 10.1 Å². The van der Waals surface area contributed by atoms with E-state index < -0.39 is 0 Å². The number of anilines is 1. The molecule has 4 aromatic rings. The number of amides is 1. The lowest BCUT2D eigenvalue weighted by atomic mass is 10.2. The molecular weight excluding hydrogens is 450 g/mol. The van der Waals surface area contributed by atoms with Gasteiger partial charge in [0.15, 0.2) is 11.7 Å². The Hall–Kier alpha value is -3.00. The summed E-state index contributed by atoms with van der Waals surface area (Å²) in [6, 6.07) is 20.8. The van der Waals surface area contributed by atoms with Crippen molar-refractivity contribution in [2.45, 2.75) is 6.92 Å². The molecule has 31 heavy (non-hydrogen) atoms. The van der Waals surface area contributed by atoms with Crippen LogP contribution in [0.1, 0.15) is 5.56 Å². The lowest BCUT2D eigenvalue weighted by Gasteiger charge is -2.10. The second-order valence-corrected chi connectivity index (χ2v) is 8.69. The largest absolute Gasteiger partial charge is 0.484 e. The van der Waals surface area contributed by atoms with E-state index in [2.05, 4.69) is 29.7 Å². The molecule has 0 saturated carbocycles. The zero-order valence-corrected chi connectivity index (χ0v) is 18.9. The normalized spacial score (nSPS) is 10.6. The maximum atomic E-state index is 12.0. The van der Waals surface area contributed by atoms with Crippen LogP contribution in [0.4, 0.5) is 5.69 Å². The van der Waals surface area contributed by atoms with E-state index in [1.165, 1.54) is 10.3 Å². The minimum atomic E-state index is -0.353. The molecule has 0 unspecified atom stereocenters. The van der Waals surface area contributed by atoms with Crippen LogP contribution in [0.3, 0.4) is 0 Å². The van der Waals surface area contributed by atoms with Crippen molar-refractivity contribution in [3.05, 3.63) is 77.3 Å². The van der Waals surface area contributed by atoms with E-state index in [4.69, 9.17) is 33.5 Å². The number of carbonyl (C=O) groups excluding carboxylic acids is 1. The Morgan fingerprint density at radius 3 is 2.58 bits per heavy atom. The number of aryl methyl sites for hydroxylation is 1. The van der Waals surface area contributed by atoms with E-state index in [-0.39, 0.29) is 17.6 Å². The number of rotatable bonds is 5. The van der Waals surface area contributed by atoms with Gasteiger partial charge in [-0.05, 0) is 85.4 Å². The standard InChI is InChI=1S/C23H18ClN3O2S2/c1-14-2-11-19-20(12-14)31-22(26-19)15-3-7-17(8-4-15)25-23(30)27-21(28)13-29-18-9-5-16(24)6-10-18/h2-12H,13H2,1H3,(H2,25,27,28,30). The van der Waals surface area contributed by atoms with Crippen molar-refractivity contribution in [3.8, 4) is 16.3 Å².